The Kier molecular flexibility index (Phi) is 4.50. The molecule has 6 heteroatoms. The van der Waals surface area contributed by atoms with Gasteiger partial charge in [-0.1, -0.05) is 12.1 Å². The molecule has 1 aromatic rings. The largest absolute Gasteiger partial charge is 0.507 e. The third-order valence-corrected chi connectivity index (χ3v) is 4.32. The Labute approximate surface area is 102 Å². The molecule has 0 spiro atoms. The summed E-state index contributed by atoms with van der Waals surface area (Å²) in [6.07, 6.45) is 0. The van der Waals surface area contributed by atoms with Crippen molar-refractivity contribution in [2.24, 2.45) is 0 Å². The van der Waals surface area contributed by atoms with Crippen LogP contribution in [0, 0.1) is 0 Å². The zero-order valence-corrected chi connectivity index (χ0v) is 11.1. The highest BCUT2D eigenvalue weighted by Gasteiger charge is 2.23. The number of benzene rings is 1. The summed E-state index contributed by atoms with van der Waals surface area (Å²) in [6.45, 7) is 1.01. The van der Waals surface area contributed by atoms with Gasteiger partial charge >= 0.3 is 0 Å². The molecule has 0 aliphatic heterocycles. The van der Waals surface area contributed by atoms with Gasteiger partial charge in [0.1, 0.15) is 10.6 Å². The molecule has 0 aromatic heterocycles. The van der Waals surface area contributed by atoms with Crippen LogP contribution in [-0.4, -0.2) is 57.0 Å². The van der Waals surface area contributed by atoms with Crippen LogP contribution >= 0.6 is 0 Å². The van der Waals surface area contributed by atoms with Crippen molar-refractivity contribution in [2.45, 2.75) is 4.90 Å². The Hall–Kier alpha value is -1.11. The molecule has 0 radical (unpaired) electrons. The van der Waals surface area contributed by atoms with Crippen molar-refractivity contribution < 1.29 is 13.5 Å². The zero-order valence-electron chi connectivity index (χ0n) is 10.3. The van der Waals surface area contributed by atoms with Gasteiger partial charge in [-0.2, -0.15) is 4.31 Å². The number of hydrogen-bond acceptors (Lipinski definition) is 4. The predicted molar refractivity (Wildman–Crippen MR) is 66.5 cm³/mol. The lowest BCUT2D eigenvalue weighted by atomic mass is 10.3. The Balaban J connectivity index is 2.92. The molecule has 0 heterocycles. The van der Waals surface area contributed by atoms with E-state index < -0.39 is 10.0 Å². The fourth-order valence-electron chi connectivity index (χ4n) is 1.30. The molecule has 0 amide bonds. The molecule has 1 rings (SSSR count). The van der Waals surface area contributed by atoms with Gasteiger partial charge in [0.25, 0.3) is 0 Å². The maximum absolute atomic E-state index is 12.1. The van der Waals surface area contributed by atoms with Crippen LogP contribution in [-0.2, 0) is 10.0 Å². The molecule has 0 atom stereocenters. The third-order valence-electron chi connectivity index (χ3n) is 2.42. The molecule has 1 N–H and O–H groups in total. The third kappa shape index (κ3) is 3.42. The van der Waals surface area contributed by atoms with Gasteiger partial charge in [0.2, 0.25) is 10.0 Å². The molecule has 0 aliphatic carbocycles. The molecule has 0 bridgehead atoms. The Morgan fingerprint density at radius 1 is 1.12 bits per heavy atom. The fourth-order valence-corrected chi connectivity index (χ4v) is 2.54. The molecule has 0 fully saturated rings. The second-order valence-electron chi connectivity index (χ2n) is 4.10. The minimum Gasteiger partial charge on any atom is -0.507 e. The highest BCUT2D eigenvalue weighted by molar-refractivity contribution is 7.89. The molecule has 96 valence electrons. The SMILES string of the molecule is CN(C)CCN(C)S(=O)(=O)c1ccccc1O. The number of hydrogen-bond donors (Lipinski definition) is 1. The Morgan fingerprint density at radius 3 is 2.24 bits per heavy atom. The average Bonchev–Trinajstić information content (AvgIpc) is 2.26. The highest BCUT2D eigenvalue weighted by atomic mass is 32.2. The summed E-state index contributed by atoms with van der Waals surface area (Å²) in [4.78, 5) is 1.85. The second kappa shape index (κ2) is 5.48. The monoisotopic (exact) mass is 258 g/mol. The van der Waals surface area contributed by atoms with Crippen molar-refractivity contribution in [3.05, 3.63) is 24.3 Å². The Morgan fingerprint density at radius 2 is 1.71 bits per heavy atom. The summed E-state index contributed by atoms with van der Waals surface area (Å²) < 4.78 is 25.5. The fraction of sp³-hybridized carbons (Fsp3) is 0.455. The van der Waals surface area contributed by atoms with Crippen LogP contribution < -0.4 is 0 Å². The van der Waals surface area contributed by atoms with Gasteiger partial charge < -0.3 is 10.0 Å². The first kappa shape index (κ1) is 14.0. The van der Waals surface area contributed by atoms with Crippen LogP contribution in [0.2, 0.25) is 0 Å². The molecular formula is C11H18N2O3S. The second-order valence-corrected chi connectivity index (χ2v) is 6.11. The van der Waals surface area contributed by atoms with Crippen LogP contribution in [0.25, 0.3) is 0 Å². The van der Waals surface area contributed by atoms with Crippen molar-refractivity contribution in [3.63, 3.8) is 0 Å². The summed E-state index contributed by atoms with van der Waals surface area (Å²) in [5.74, 6) is -0.218. The number of nitrogens with zero attached hydrogens (tertiary/aromatic N) is 2. The van der Waals surface area contributed by atoms with Gasteiger partial charge in [-0.3, -0.25) is 0 Å². The average molecular weight is 258 g/mol. The van der Waals surface area contributed by atoms with Crippen molar-refractivity contribution in [1.29, 1.82) is 0 Å². The Bertz CT molecular complexity index is 471. The summed E-state index contributed by atoms with van der Waals surface area (Å²) >= 11 is 0. The number of phenolic OH excluding ortho intramolecular Hbond substituents is 1. The lowest BCUT2D eigenvalue weighted by molar-refractivity contribution is 0.357. The normalized spacial score (nSPS) is 12.3. The first-order chi connectivity index (χ1) is 7.85. The van der Waals surface area contributed by atoms with E-state index in [0.717, 1.165) is 0 Å². The van der Waals surface area contributed by atoms with Crippen LogP contribution in [0.5, 0.6) is 5.75 Å². The zero-order chi connectivity index (χ0) is 13.1. The predicted octanol–water partition coefficient (Wildman–Crippen LogP) is 0.574. The maximum Gasteiger partial charge on any atom is 0.246 e. The smallest absolute Gasteiger partial charge is 0.246 e. The van der Waals surface area contributed by atoms with E-state index in [1.165, 1.54) is 23.5 Å². The first-order valence-corrected chi connectivity index (χ1v) is 6.69. The number of aromatic hydroxyl groups is 1. The lowest BCUT2D eigenvalue weighted by Gasteiger charge is -2.19. The summed E-state index contributed by atoms with van der Waals surface area (Å²) in [7, 11) is 1.65. The summed E-state index contributed by atoms with van der Waals surface area (Å²) in [5.41, 5.74) is 0. The molecule has 0 unspecified atom stereocenters. The quantitative estimate of drug-likeness (QED) is 0.839. The van der Waals surface area contributed by atoms with Crippen LogP contribution in [0.15, 0.2) is 29.2 Å². The number of rotatable bonds is 5. The van der Waals surface area contributed by atoms with E-state index in [1.807, 2.05) is 19.0 Å². The van der Waals surface area contributed by atoms with Crippen LogP contribution in [0.3, 0.4) is 0 Å². The molecule has 1 aromatic carbocycles. The van der Waals surface area contributed by atoms with E-state index in [2.05, 4.69) is 0 Å². The summed E-state index contributed by atoms with van der Waals surface area (Å²) in [6, 6.07) is 5.95. The van der Waals surface area contributed by atoms with Crippen LogP contribution in [0.1, 0.15) is 0 Å². The highest BCUT2D eigenvalue weighted by Crippen LogP contribution is 2.23. The standard InChI is InChI=1S/C11H18N2O3S/c1-12(2)8-9-13(3)17(15,16)11-7-5-4-6-10(11)14/h4-7,14H,8-9H2,1-3H3. The van der Waals surface area contributed by atoms with Gasteiger partial charge in [0.15, 0.2) is 0 Å². The number of phenols is 1. The molecule has 5 nitrogen and oxygen atoms in total. The lowest BCUT2D eigenvalue weighted by Crippen LogP contribution is -2.33. The van der Waals surface area contributed by atoms with Crippen molar-refractivity contribution >= 4 is 10.0 Å². The van der Waals surface area contributed by atoms with Gasteiger partial charge in [-0.25, -0.2) is 8.42 Å². The molecule has 17 heavy (non-hydrogen) atoms. The van der Waals surface area contributed by atoms with E-state index in [9.17, 15) is 13.5 Å². The number of likely N-dealkylation sites (N-methyl/N-ethyl adjacent to an activating group) is 2. The van der Waals surface area contributed by atoms with Gasteiger partial charge in [0, 0.05) is 20.1 Å². The number of para-hydroxylation sites is 1. The van der Waals surface area contributed by atoms with Crippen molar-refractivity contribution in [3.8, 4) is 5.75 Å². The van der Waals surface area contributed by atoms with E-state index in [-0.39, 0.29) is 10.6 Å². The van der Waals surface area contributed by atoms with Gasteiger partial charge in [0.05, 0.1) is 0 Å². The topological polar surface area (TPSA) is 60.9 Å². The van der Waals surface area contributed by atoms with Gasteiger partial charge in [-0.05, 0) is 26.2 Å². The van der Waals surface area contributed by atoms with E-state index in [0.29, 0.717) is 13.1 Å². The van der Waals surface area contributed by atoms with E-state index >= 15 is 0 Å². The maximum atomic E-state index is 12.1. The summed E-state index contributed by atoms with van der Waals surface area (Å²) in [5, 5.41) is 9.56. The minimum atomic E-state index is -3.61. The number of sulfonamides is 1. The molecule has 0 saturated carbocycles. The van der Waals surface area contributed by atoms with E-state index in [1.54, 1.807) is 12.1 Å². The van der Waals surface area contributed by atoms with E-state index in [4.69, 9.17) is 0 Å². The first-order valence-electron chi connectivity index (χ1n) is 5.25. The minimum absolute atomic E-state index is 0.0544. The molecular weight excluding hydrogens is 240 g/mol. The van der Waals surface area contributed by atoms with Crippen molar-refractivity contribution in [1.82, 2.24) is 9.21 Å². The van der Waals surface area contributed by atoms with Crippen LogP contribution in [0.4, 0.5) is 0 Å². The van der Waals surface area contributed by atoms with Crippen molar-refractivity contribution in [2.75, 3.05) is 34.2 Å². The van der Waals surface area contributed by atoms with Gasteiger partial charge in [-0.15, -0.1) is 0 Å². The molecule has 0 saturated heterocycles. The molecule has 0 aliphatic rings.